The van der Waals surface area contributed by atoms with E-state index in [4.69, 9.17) is 4.74 Å². The predicted octanol–water partition coefficient (Wildman–Crippen LogP) is 7.85. The third kappa shape index (κ3) is 4.66. The number of imide groups is 2. The van der Waals surface area contributed by atoms with Gasteiger partial charge in [0.15, 0.2) is 5.54 Å². The topological polar surface area (TPSA) is 163 Å². The van der Waals surface area contributed by atoms with Crippen molar-refractivity contribution in [1.82, 2.24) is 21.3 Å². The maximum atomic E-state index is 15.4. The zero-order valence-corrected chi connectivity index (χ0v) is 35.7. The lowest BCUT2D eigenvalue weighted by molar-refractivity contribution is -0.128. The van der Waals surface area contributed by atoms with Crippen LogP contribution >= 0.6 is 0 Å². The molecule has 3 spiro atoms. The maximum absolute atomic E-state index is 15.4. The lowest BCUT2D eigenvalue weighted by atomic mass is 9.75. The van der Waals surface area contributed by atoms with Gasteiger partial charge in [-0.3, -0.25) is 25.0 Å². The average Bonchev–Trinajstić information content (AvgIpc) is 4.28. The van der Waals surface area contributed by atoms with E-state index < -0.39 is 52.4 Å². The van der Waals surface area contributed by atoms with Crippen molar-refractivity contribution >= 4 is 29.8 Å². The molecule has 8 atom stereocenters. The van der Waals surface area contributed by atoms with E-state index in [1.807, 2.05) is 66.7 Å². The Morgan fingerprint density at radius 2 is 1.06 bits per heavy atom. The number of aliphatic hydroxyl groups is 1. The minimum absolute atomic E-state index is 0.0603. The Bertz CT molecular complexity index is 3440. The molecule has 12 heteroatoms. The van der Waals surface area contributed by atoms with Gasteiger partial charge in [0.25, 0.3) is 11.8 Å². The molecule has 0 bridgehead atoms. The quantitative estimate of drug-likeness (QED) is 0.110. The number of fused-ring (bicyclic) bond motifs is 15. The maximum Gasteiger partial charge on any atom is 0.415 e. The number of hydrogen-bond donors (Lipinski definition) is 5. The van der Waals surface area contributed by atoms with E-state index in [0.29, 0.717) is 40.7 Å². The molecule has 67 heavy (non-hydrogen) atoms. The van der Waals surface area contributed by atoms with Crippen LogP contribution in [0.2, 0.25) is 0 Å². The number of alkyl halides is 1. The van der Waals surface area contributed by atoms with Gasteiger partial charge in [-0.05, 0) is 151 Å². The van der Waals surface area contributed by atoms with Gasteiger partial charge in [0.2, 0.25) is 11.5 Å². The van der Waals surface area contributed by atoms with Crippen LogP contribution in [0.4, 0.5) is 14.0 Å². The van der Waals surface area contributed by atoms with E-state index in [9.17, 15) is 29.1 Å². The number of carbonyl (C=O) groups excluding carboxylic acids is 5. The molecule has 0 radical (unpaired) electrons. The summed E-state index contributed by atoms with van der Waals surface area (Å²) in [5.74, 6) is -0.784. The Morgan fingerprint density at radius 3 is 1.58 bits per heavy atom. The summed E-state index contributed by atoms with van der Waals surface area (Å²) in [7, 11) is 0. The van der Waals surface area contributed by atoms with Gasteiger partial charge in [0, 0.05) is 17.5 Å². The van der Waals surface area contributed by atoms with Gasteiger partial charge in [-0.1, -0.05) is 97.1 Å². The van der Waals surface area contributed by atoms with Gasteiger partial charge in [0.05, 0.1) is 5.41 Å². The van der Waals surface area contributed by atoms with Crippen LogP contribution < -0.4 is 21.3 Å². The van der Waals surface area contributed by atoms with Crippen molar-refractivity contribution in [3.05, 3.63) is 176 Å². The Kier molecular flexibility index (Phi) is 6.82. The molecule has 6 aromatic carbocycles. The third-order valence-corrected chi connectivity index (χ3v) is 16.9. The first kappa shape index (κ1) is 37.7. The smallest absolute Gasteiger partial charge is 0.415 e. The van der Waals surface area contributed by atoms with E-state index in [2.05, 4.69) is 57.7 Å². The molecule has 11 nitrogen and oxygen atoms in total. The molecule has 6 aromatic rings. The van der Waals surface area contributed by atoms with Gasteiger partial charge in [-0.2, -0.15) is 0 Å². The van der Waals surface area contributed by atoms with Crippen LogP contribution in [0.15, 0.2) is 115 Å². The Hall–Kier alpha value is -7.44. The van der Waals surface area contributed by atoms with Crippen molar-refractivity contribution < 1.29 is 38.2 Å². The molecule has 6 fully saturated rings. The largest absolute Gasteiger partial charge is 0.422 e. The molecule has 0 aromatic heterocycles. The number of benzene rings is 6. The van der Waals surface area contributed by atoms with Gasteiger partial charge in [0.1, 0.15) is 11.9 Å². The van der Waals surface area contributed by atoms with Crippen molar-refractivity contribution in [2.75, 3.05) is 0 Å². The second kappa shape index (κ2) is 12.1. The monoisotopic (exact) mass is 886 g/mol. The van der Waals surface area contributed by atoms with Crippen molar-refractivity contribution in [1.29, 1.82) is 0 Å². The van der Waals surface area contributed by atoms with E-state index in [0.717, 1.165) is 79.6 Å². The molecule has 3 saturated carbocycles. The highest BCUT2D eigenvalue weighted by molar-refractivity contribution is 6.13. The highest BCUT2D eigenvalue weighted by Crippen LogP contribution is 2.63. The van der Waals surface area contributed by atoms with Gasteiger partial charge in [-0.15, -0.1) is 0 Å². The number of carbonyl (C=O) groups is 5. The van der Waals surface area contributed by atoms with Crippen LogP contribution in [0.25, 0.3) is 33.4 Å². The van der Waals surface area contributed by atoms with Crippen molar-refractivity contribution in [3.8, 4) is 33.4 Å². The summed E-state index contributed by atoms with van der Waals surface area (Å²) in [5, 5.41) is 21.9. The first-order valence-electron chi connectivity index (χ1n) is 23.1. The average molecular weight is 887 g/mol. The summed E-state index contributed by atoms with van der Waals surface area (Å²) in [6.45, 7) is 0. The second-order valence-corrected chi connectivity index (χ2v) is 20.2. The number of ether oxygens (including phenoxy) is 1. The number of halogens is 1. The van der Waals surface area contributed by atoms with Crippen LogP contribution in [-0.2, 0) is 41.3 Å². The standard InChI is InChI=1S/C55H39FN4O7/c56-52(15-16-52)29-9-14-33-32-11-6-26(18-42(32)54(43(33)21-29)48(63)58-50(65)60-54)37-23-39(37)28-8-13-35-34-12-7-27(19-44(34)55(45(35)20-28)49(64)59-51(66)67-55)38-22-36(38)25-5-10-31-30-3-1-2-4-40(30)53(41(31)17-25)24-46(61)57-47(53)62/h1-14,17-21,36-39,47,62H,15-16,22-24H2,(H,57,61)(H,59,64,66)(H2,58,60,63,65). The molecule has 5 N–H and O–H groups in total. The van der Waals surface area contributed by atoms with Crippen molar-refractivity contribution in [2.24, 2.45) is 0 Å². The lowest BCUT2D eigenvalue weighted by Gasteiger charge is -2.29. The van der Waals surface area contributed by atoms with E-state index in [1.54, 1.807) is 12.1 Å². The van der Waals surface area contributed by atoms with Crippen molar-refractivity contribution in [2.45, 2.75) is 84.2 Å². The van der Waals surface area contributed by atoms with Gasteiger partial charge in [-0.25, -0.2) is 14.0 Å². The lowest BCUT2D eigenvalue weighted by Crippen LogP contribution is -2.43. The van der Waals surface area contributed by atoms with E-state index in [1.165, 1.54) is 0 Å². The summed E-state index contributed by atoms with van der Waals surface area (Å²) < 4.78 is 21.5. The summed E-state index contributed by atoms with van der Waals surface area (Å²) in [6, 6.07) is 37.5. The molecule has 6 aliphatic carbocycles. The van der Waals surface area contributed by atoms with E-state index >= 15 is 4.39 Å². The number of amides is 6. The fourth-order valence-electron chi connectivity index (χ4n) is 13.3. The number of aliphatic hydroxyl groups excluding tert-OH is 1. The predicted molar refractivity (Wildman–Crippen MR) is 240 cm³/mol. The summed E-state index contributed by atoms with van der Waals surface area (Å²) in [5.41, 5.74) is 8.93. The molecular formula is C55H39FN4O7. The van der Waals surface area contributed by atoms with Gasteiger partial charge >= 0.3 is 12.1 Å². The minimum Gasteiger partial charge on any atom is -0.422 e. The molecule has 3 saturated heterocycles. The van der Waals surface area contributed by atoms with Crippen LogP contribution in [-0.4, -0.2) is 41.2 Å². The molecule has 9 aliphatic rings. The molecule has 15 rings (SSSR count). The van der Waals surface area contributed by atoms with Gasteiger partial charge < -0.3 is 20.5 Å². The summed E-state index contributed by atoms with van der Waals surface area (Å²) in [6.07, 6.45) is 0.836. The van der Waals surface area contributed by atoms with E-state index in [-0.39, 0.29) is 36.0 Å². The Balaban J connectivity index is 0.748. The van der Waals surface area contributed by atoms with Crippen molar-refractivity contribution in [3.63, 3.8) is 0 Å². The Labute approximate surface area is 382 Å². The molecule has 3 heterocycles. The first-order valence-corrected chi connectivity index (χ1v) is 23.1. The zero-order valence-electron chi connectivity index (χ0n) is 35.7. The highest BCUT2D eigenvalue weighted by Gasteiger charge is 2.60. The number of rotatable bonds is 5. The van der Waals surface area contributed by atoms with Crippen LogP contribution in [0.1, 0.15) is 117 Å². The minimum atomic E-state index is -1.66. The molecule has 328 valence electrons. The summed E-state index contributed by atoms with van der Waals surface area (Å²) >= 11 is 0. The molecular weight excluding hydrogens is 848 g/mol. The SMILES string of the molecule is O=C1CC2(c3ccccc3-c3ccc(C4CC4c4ccc5c(c4)C4(OC(=O)NC4=O)c4cc(C6CC6c6ccc7c(c6)C6(NC(=O)NC6=O)c6cc(C8(F)CC8)ccc6-7)ccc4-5)cc32)C(O)N1. The highest BCUT2D eigenvalue weighted by atomic mass is 19.1. The number of urea groups is 1. The fourth-order valence-corrected chi connectivity index (χ4v) is 13.3. The van der Waals surface area contributed by atoms with Crippen LogP contribution in [0, 0.1) is 0 Å². The Morgan fingerprint density at radius 1 is 0.552 bits per heavy atom. The third-order valence-electron chi connectivity index (χ3n) is 16.9. The molecule has 3 aliphatic heterocycles. The first-order chi connectivity index (χ1) is 32.4. The van der Waals surface area contributed by atoms with Crippen LogP contribution in [0.5, 0.6) is 0 Å². The number of alkyl carbamates (subject to hydrolysis) is 1. The zero-order chi connectivity index (χ0) is 45.1. The molecule has 6 amide bonds. The normalized spacial score (nSPS) is 30.8. The second-order valence-electron chi connectivity index (χ2n) is 20.2. The van der Waals surface area contributed by atoms with Crippen LogP contribution in [0.3, 0.4) is 0 Å². The molecule has 8 unspecified atom stereocenters. The summed E-state index contributed by atoms with van der Waals surface area (Å²) in [4.78, 5) is 66.5. The number of nitrogens with one attached hydrogen (secondary N) is 4. The fraction of sp³-hybridized carbons (Fsp3) is 0.255. The number of hydrogen-bond acceptors (Lipinski definition) is 7.